The lowest BCUT2D eigenvalue weighted by atomic mass is 9.78. The van der Waals surface area contributed by atoms with E-state index in [1.807, 2.05) is 66.9 Å². The number of hydrogen-bond donors (Lipinski definition) is 0. The molecule has 0 aliphatic rings. The first-order chi connectivity index (χ1) is 34.3. The van der Waals surface area contributed by atoms with Gasteiger partial charge < -0.3 is 0 Å². The lowest BCUT2D eigenvalue weighted by molar-refractivity contribution is 0.522. The highest BCUT2D eigenvalue weighted by Gasteiger charge is 2.22. The van der Waals surface area contributed by atoms with Crippen molar-refractivity contribution >= 4 is 0 Å². The summed E-state index contributed by atoms with van der Waals surface area (Å²) in [6.07, 6.45) is -5.12. The lowest BCUT2D eigenvalue weighted by Crippen LogP contribution is -2.20. The molecule has 0 saturated carbocycles. The van der Waals surface area contributed by atoms with Crippen LogP contribution in [0.3, 0.4) is 0 Å². The van der Waals surface area contributed by atoms with Crippen molar-refractivity contribution in [3.63, 3.8) is 0 Å². The second kappa shape index (κ2) is 19.0. The highest BCUT2D eigenvalue weighted by atomic mass is 14.7. The lowest BCUT2D eigenvalue weighted by Gasteiger charge is -2.26. The Morgan fingerprint density at radius 3 is 1.38 bits per heavy atom. The highest BCUT2D eigenvalue weighted by molar-refractivity contribution is 5.79. The number of aryl methyl sites for hydroxylation is 6. The zero-order chi connectivity index (χ0) is 51.1. The molecule has 3 heterocycles. The molecule has 314 valence electrons. The molecule has 9 rings (SSSR count). The van der Waals surface area contributed by atoms with E-state index < -0.39 is 30.9 Å². The van der Waals surface area contributed by atoms with Crippen LogP contribution >= 0.6 is 0 Å². The molecule has 0 saturated heterocycles. The summed E-state index contributed by atoms with van der Waals surface area (Å²) in [6, 6.07) is 55.8. The fourth-order valence-electron chi connectivity index (χ4n) is 8.41. The fourth-order valence-corrected chi connectivity index (χ4v) is 8.41. The van der Waals surface area contributed by atoms with Gasteiger partial charge in [0.15, 0.2) is 0 Å². The minimum atomic E-state index is -2.70. The maximum absolute atomic E-state index is 9.54. The van der Waals surface area contributed by atoms with Gasteiger partial charge in [0.05, 0.1) is 17.1 Å². The van der Waals surface area contributed by atoms with Crippen molar-refractivity contribution in [1.29, 1.82) is 0 Å². The molecule has 0 aliphatic carbocycles. The van der Waals surface area contributed by atoms with E-state index in [4.69, 9.17) is 4.98 Å². The van der Waals surface area contributed by atoms with Crippen LogP contribution < -0.4 is 0 Å². The van der Waals surface area contributed by atoms with Gasteiger partial charge in [0.25, 0.3) is 0 Å². The van der Waals surface area contributed by atoms with Gasteiger partial charge in [-0.25, -0.2) is 0 Å². The van der Waals surface area contributed by atoms with Crippen molar-refractivity contribution in [3.05, 3.63) is 245 Å². The van der Waals surface area contributed by atoms with Crippen molar-refractivity contribution < 1.29 is 11.0 Å². The third kappa shape index (κ3) is 10.0. The van der Waals surface area contributed by atoms with Crippen LogP contribution in [-0.2, 0) is 37.3 Å². The number of rotatable bonds is 14. The maximum atomic E-state index is 9.54. The van der Waals surface area contributed by atoms with Gasteiger partial charge in [-0.15, -0.1) is 0 Å². The van der Waals surface area contributed by atoms with Gasteiger partial charge in [0.1, 0.15) is 0 Å². The van der Waals surface area contributed by atoms with E-state index in [1.54, 1.807) is 73.1 Å². The average Bonchev–Trinajstić information content (AvgIpc) is 3.39. The maximum Gasteiger partial charge on any atom is 0.0708 e. The summed E-state index contributed by atoms with van der Waals surface area (Å²) >= 11 is 0. The Kier molecular flexibility index (Phi) is 9.91. The first kappa shape index (κ1) is 33.3. The first-order valence-corrected chi connectivity index (χ1v) is 21.7. The minimum absolute atomic E-state index is 0.0946. The molecule has 3 heteroatoms. The van der Waals surface area contributed by atoms with E-state index in [0.717, 1.165) is 33.5 Å². The number of aromatic nitrogens is 3. The highest BCUT2D eigenvalue weighted by Crippen LogP contribution is 2.35. The second-order valence-corrected chi connectivity index (χ2v) is 16.9. The molecule has 0 amide bonds. The Labute approximate surface area is 390 Å². The molecule has 6 aromatic carbocycles. The van der Waals surface area contributed by atoms with E-state index in [-0.39, 0.29) is 22.3 Å². The zero-order valence-corrected chi connectivity index (χ0v) is 36.6. The van der Waals surface area contributed by atoms with Gasteiger partial charge in [0.2, 0.25) is 0 Å². The Bertz CT molecular complexity index is 3190. The predicted molar refractivity (Wildman–Crippen MR) is 267 cm³/mol. The largest absolute Gasteiger partial charge is 0.256 e. The zero-order valence-electron chi connectivity index (χ0n) is 44.6. The number of nitrogens with zero attached hydrogens (tertiary/aromatic N) is 3. The molecule has 0 radical (unpaired) electrons. The smallest absolute Gasteiger partial charge is 0.0708 e. The number of hydrogen-bond acceptors (Lipinski definition) is 3. The van der Waals surface area contributed by atoms with Crippen molar-refractivity contribution in [2.75, 3.05) is 0 Å². The van der Waals surface area contributed by atoms with E-state index in [2.05, 4.69) is 92.3 Å². The van der Waals surface area contributed by atoms with Gasteiger partial charge in [0, 0.05) is 46.2 Å². The molecule has 0 fully saturated rings. The van der Waals surface area contributed by atoms with Gasteiger partial charge in [-0.1, -0.05) is 159 Å². The topological polar surface area (TPSA) is 38.7 Å². The Morgan fingerprint density at radius 2 is 0.844 bits per heavy atom. The Balaban J connectivity index is 1.05. The van der Waals surface area contributed by atoms with Crippen LogP contribution in [0.25, 0.3) is 56.0 Å². The van der Waals surface area contributed by atoms with Crippen molar-refractivity contribution in [1.82, 2.24) is 15.0 Å². The van der Waals surface area contributed by atoms with Crippen LogP contribution in [0.15, 0.2) is 201 Å². The van der Waals surface area contributed by atoms with Crippen LogP contribution in [0.1, 0.15) is 69.3 Å². The van der Waals surface area contributed by atoms with Crippen molar-refractivity contribution in [2.45, 2.75) is 65.0 Å². The summed E-state index contributed by atoms with van der Waals surface area (Å²) in [5, 5.41) is 0. The fraction of sp³-hybridized carbons (Fsp3) is 0.164. The molecule has 0 bridgehead atoms. The predicted octanol–water partition coefficient (Wildman–Crippen LogP) is 14.9. The van der Waals surface area contributed by atoms with Gasteiger partial charge in [-0.2, -0.15) is 0 Å². The molecule has 3 aromatic heterocycles. The molecule has 0 atom stereocenters. The summed E-state index contributed by atoms with van der Waals surface area (Å²) < 4.78 is 75.6. The molecule has 0 unspecified atom stereocenters. The van der Waals surface area contributed by atoms with Crippen LogP contribution in [0.2, 0.25) is 0 Å². The summed E-state index contributed by atoms with van der Waals surface area (Å²) in [5.41, 5.74) is 12.5. The quantitative estimate of drug-likeness (QED) is 0.109. The summed E-state index contributed by atoms with van der Waals surface area (Å²) in [7, 11) is 0. The third-order valence-electron chi connectivity index (χ3n) is 11.7. The summed E-state index contributed by atoms with van der Waals surface area (Å²) in [4.78, 5) is 13.6. The van der Waals surface area contributed by atoms with E-state index >= 15 is 0 Å². The van der Waals surface area contributed by atoms with E-state index in [0.29, 0.717) is 23.4 Å². The summed E-state index contributed by atoms with van der Waals surface area (Å²) in [6.45, 7) is 8.41. The van der Waals surface area contributed by atoms with Crippen LogP contribution in [-0.4, -0.2) is 15.0 Å². The van der Waals surface area contributed by atoms with Crippen LogP contribution in [0, 0.1) is 13.8 Å². The Morgan fingerprint density at radius 1 is 0.375 bits per heavy atom. The number of pyridine rings is 3. The third-order valence-corrected chi connectivity index (χ3v) is 11.7. The molecule has 9 aromatic rings. The van der Waals surface area contributed by atoms with Gasteiger partial charge in [-0.05, 0) is 154 Å². The second-order valence-electron chi connectivity index (χ2n) is 16.9. The SMILES string of the molecule is [2H]C([2H])(c1ccc(-c2ccccn2)cc1)C([2H])([2H])c1cc(CC(C)(C)c2ccc(-c3cc(-c4c(C)cc(-c5ccccc5)cc4C)ccn3)cc2)cc(C([2H])([2H])C([2H])([2H])c2ccc(-c3ccccn3)cc2)c1. The van der Waals surface area contributed by atoms with Crippen LogP contribution in [0.4, 0.5) is 0 Å². The molecule has 0 N–H and O–H groups in total. The average molecular weight is 838 g/mol. The normalized spacial score (nSPS) is 14.2. The van der Waals surface area contributed by atoms with Gasteiger partial charge >= 0.3 is 0 Å². The van der Waals surface area contributed by atoms with Gasteiger partial charge in [-0.3, -0.25) is 15.0 Å². The molecule has 0 aliphatic heterocycles. The number of benzene rings is 6. The van der Waals surface area contributed by atoms with E-state index in [1.165, 1.54) is 33.9 Å². The van der Waals surface area contributed by atoms with Crippen molar-refractivity contribution in [3.8, 4) is 56.0 Å². The summed E-state index contributed by atoms with van der Waals surface area (Å²) in [5.74, 6) is 0. The molecular formula is C61H55N3. The molecular weight excluding hydrogens is 775 g/mol. The van der Waals surface area contributed by atoms with Crippen molar-refractivity contribution in [2.24, 2.45) is 0 Å². The molecule has 0 spiro atoms. The van der Waals surface area contributed by atoms with E-state index in [9.17, 15) is 11.0 Å². The minimum Gasteiger partial charge on any atom is -0.256 e. The standard InChI is InChI=1S/C61H55N3/c1-43-36-55(50-12-6-5-7-13-50)37-44(2)60(43)54-32-35-64-59(41-54)53-28-30-56(31-29-53)61(3,4)42-49-39-47(18-16-45-20-24-51(25-21-45)57-14-8-10-33-62-57)38-48(40-49)19-17-46-22-26-52(27-23-46)58-15-9-11-34-63-58/h5-15,20-41H,16-19,42H2,1-4H3/i16D2,17D2,18D2,19D2. The first-order valence-electron chi connectivity index (χ1n) is 25.7. The van der Waals surface area contributed by atoms with Crippen LogP contribution in [0.5, 0.6) is 0 Å². The molecule has 64 heavy (non-hydrogen) atoms. The molecule has 3 nitrogen and oxygen atoms in total. The Hall–Kier alpha value is -7.23. The monoisotopic (exact) mass is 837 g/mol.